The van der Waals surface area contributed by atoms with Gasteiger partial charge in [0.25, 0.3) is 0 Å². The van der Waals surface area contributed by atoms with Crippen LogP contribution in [0.3, 0.4) is 0 Å². The first kappa shape index (κ1) is 18.5. The number of benzene rings is 1. The van der Waals surface area contributed by atoms with E-state index in [1.54, 1.807) is 13.0 Å². The third-order valence-corrected chi connectivity index (χ3v) is 5.75. The number of amides is 1. The Kier molecular flexibility index (Phi) is 6.85. The van der Waals surface area contributed by atoms with E-state index in [0.717, 1.165) is 24.2 Å². The van der Waals surface area contributed by atoms with Gasteiger partial charge < -0.3 is 10.1 Å². The van der Waals surface area contributed by atoms with E-state index in [9.17, 15) is 13.2 Å². The van der Waals surface area contributed by atoms with Gasteiger partial charge in [-0.2, -0.15) is 0 Å². The Morgan fingerprint density at radius 1 is 1.33 bits per heavy atom. The summed E-state index contributed by atoms with van der Waals surface area (Å²) in [4.78, 5) is 11.7. The van der Waals surface area contributed by atoms with Crippen molar-refractivity contribution in [3.63, 3.8) is 0 Å². The highest BCUT2D eigenvalue weighted by Crippen LogP contribution is 2.24. The minimum Gasteiger partial charge on any atom is -0.490 e. The van der Waals surface area contributed by atoms with Crippen molar-refractivity contribution in [3.8, 4) is 5.75 Å². The fourth-order valence-corrected chi connectivity index (χ4v) is 3.30. The standard InChI is InChI=1S/C18H25NO4S/c1-2-24(21,22)13-12-19-18(20)11-10-15-6-5-9-17(14-15)23-16-7-3-4-8-16/h5-6,9-11,14,16H,2-4,7-8,12-13H2,1H3,(H,19,20)/b11-10+. The van der Waals surface area contributed by atoms with Gasteiger partial charge in [0.15, 0.2) is 9.84 Å². The second-order valence-corrected chi connectivity index (χ2v) is 8.43. The van der Waals surface area contributed by atoms with E-state index < -0.39 is 9.84 Å². The van der Waals surface area contributed by atoms with Crippen LogP contribution in [0.15, 0.2) is 30.3 Å². The number of rotatable bonds is 8. The molecular formula is C18H25NO4S. The van der Waals surface area contributed by atoms with Gasteiger partial charge in [-0.1, -0.05) is 19.1 Å². The van der Waals surface area contributed by atoms with Crippen LogP contribution in [-0.2, 0) is 14.6 Å². The normalized spacial score (nSPS) is 15.7. The Hall–Kier alpha value is -1.82. The van der Waals surface area contributed by atoms with Crippen molar-refractivity contribution in [2.75, 3.05) is 18.1 Å². The van der Waals surface area contributed by atoms with Crippen molar-refractivity contribution in [1.29, 1.82) is 0 Å². The molecule has 1 N–H and O–H groups in total. The molecule has 0 radical (unpaired) electrons. The molecule has 0 atom stereocenters. The Morgan fingerprint density at radius 2 is 2.08 bits per heavy atom. The Bertz CT molecular complexity index is 676. The molecule has 0 heterocycles. The highest BCUT2D eigenvalue weighted by Gasteiger charge is 2.16. The smallest absolute Gasteiger partial charge is 0.244 e. The molecule has 1 saturated carbocycles. The number of sulfone groups is 1. The summed E-state index contributed by atoms with van der Waals surface area (Å²) in [5, 5.41) is 2.58. The second kappa shape index (κ2) is 8.87. The molecule has 1 aromatic rings. The molecule has 24 heavy (non-hydrogen) atoms. The lowest BCUT2D eigenvalue weighted by atomic mass is 10.2. The number of carbonyl (C=O) groups is 1. The van der Waals surface area contributed by atoms with Gasteiger partial charge in [0.1, 0.15) is 5.75 Å². The van der Waals surface area contributed by atoms with Crippen LogP contribution in [0.4, 0.5) is 0 Å². The third-order valence-electron chi connectivity index (χ3n) is 4.04. The van der Waals surface area contributed by atoms with E-state index in [-0.39, 0.29) is 24.0 Å². The summed E-state index contributed by atoms with van der Waals surface area (Å²) in [5.74, 6) is 0.572. The molecule has 5 nitrogen and oxygen atoms in total. The largest absolute Gasteiger partial charge is 0.490 e. The summed E-state index contributed by atoms with van der Waals surface area (Å²) in [5.41, 5.74) is 0.877. The number of carbonyl (C=O) groups excluding carboxylic acids is 1. The third kappa shape index (κ3) is 6.35. The minimum atomic E-state index is -3.05. The van der Waals surface area contributed by atoms with Crippen LogP contribution >= 0.6 is 0 Å². The maximum absolute atomic E-state index is 11.7. The van der Waals surface area contributed by atoms with E-state index in [1.807, 2.05) is 24.3 Å². The van der Waals surface area contributed by atoms with E-state index in [4.69, 9.17) is 4.74 Å². The van der Waals surface area contributed by atoms with Gasteiger partial charge in [-0.25, -0.2) is 8.42 Å². The Morgan fingerprint density at radius 3 is 2.79 bits per heavy atom. The van der Waals surface area contributed by atoms with Crippen LogP contribution in [0.1, 0.15) is 38.2 Å². The van der Waals surface area contributed by atoms with Crippen molar-refractivity contribution < 1.29 is 17.9 Å². The highest BCUT2D eigenvalue weighted by molar-refractivity contribution is 7.91. The van der Waals surface area contributed by atoms with Crippen LogP contribution in [0.25, 0.3) is 6.08 Å². The summed E-state index contributed by atoms with van der Waals surface area (Å²) in [7, 11) is -3.05. The summed E-state index contributed by atoms with van der Waals surface area (Å²) >= 11 is 0. The molecule has 0 bridgehead atoms. The summed E-state index contributed by atoms with van der Waals surface area (Å²) < 4.78 is 28.6. The molecule has 2 rings (SSSR count). The SMILES string of the molecule is CCS(=O)(=O)CCNC(=O)/C=C/c1cccc(OC2CCCC2)c1. The van der Waals surface area contributed by atoms with Crippen molar-refractivity contribution in [3.05, 3.63) is 35.9 Å². The van der Waals surface area contributed by atoms with Gasteiger partial charge in [0, 0.05) is 18.4 Å². The fraction of sp³-hybridized carbons (Fsp3) is 0.500. The van der Waals surface area contributed by atoms with Crippen LogP contribution in [0.2, 0.25) is 0 Å². The monoisotopic (exact) mass is 351 g/mol. The molecular weight excluding hydrogens is 326 g/mol. The molecule has 0 unspecified atom stereocenters. The van der Waals surface area contributed by atoms with Crippen LogP contribution in [0, 0.1) is 0 Å². The number of hydrogen-bond donors (Lipinski definition) is 1. The number of nitrogens with one attached hydrogen (secondary N) is 1. The molecule has 1 aliphatic carbocycles. The molecule has 0 saturated heterocycles. The first-order valence-electron chi connectivity index (χ1n) is 8.41. The molecule has 1 aromatic carbocycles. The average Bonchev–Trinajstić information content (AvgIpc) is 3.06. The van der Waals surface area contributed by atoms with Gasteiger partial charge in [0.05, 0.1) is 11.9 Å². The predicted octanol–water partition coefficient (Wildman–Crippen LogP) is 2.57. The zero-order valence-electron chi connectivity index (χ0n) is 14.0. The fourth-order valence-electron chi connectivity index (χ4n) is 2.60. The molecule has 0 aliphatic heterocycles. The van der Waals surface area contributed by atoms with E-state index in [1.165, 1.54) is 18.9 Å². The van der Waals surface area contributed by atoms with Crippen LogP contribution in [-0.4, -0.2) is 38.5 Å². The van der Waals surface area contributed by atoms with E-state index in [2.05, 4.69) is 5.32 Å². The Labute approximate surface area is 144 Å². The highest BCUT2D eigenvalue weighted by atomic mass is 32.2. The molecule has 132 valence electrons. The van der Waals surface area contributed by atoms with Gasteiger partial charge in [-0.05, 0) is 49.5 Å². The van der Waals surface area contributed by atoms with Gasteiger partial charge in [-0.15, -0.1) is 0 Å². The van der Waals surface area contributed by atoms with Crippen LogP contribution < -0.4 is 10.1 Å². The molecule has 1 fully saturated rings. The lowest BCUT2D eigenvalue weighted by molar-refractivity contribution is -0.116. The van der Waals surface area contributed by atoms with Crippen molar-refractivity contribution >= 4 is 21.8 Å². The van der Waals surface area contributed by atoms with Gasteiger partial charge >= 0.3 is 0 Å². The van der Waals surface area contributed by atoms with Gasteiger partial charge in [0.2, 0.25) is 5.91 Å². The topological polar surface area (TPSA) is 72.5 Å². The second-order valence-electron chi connectivity index (χ2n) is 5.96. The summed E-state index contributed by atoms with van der Waals surface area (Å²) in [6, 6.07) is 7.62. The average molecular weight is 351 g/mol. The summed E-state index contributed by atoms with van der Waals surface area (Å²) in [6.07, 6.45) is 8.05. The van der Waals surface area contributed by atoms with Crippen molar-refractivity contribution in [1.82, 2.24) is 5.32 Å². The van der Waals surface area contributed by atoms with E-state index in [0.29, 0.717) is 6.10 Å². The molecule has 0 aromatic heterocycles. The maximum Gasteiger partial charge on any atom is 0.244 e. The predicted molar refractivity (Wildman–Crippen MR) is 95.7 cm³/mol. The van der Waals surface area contributed by atoms with Gasteiger partial charge in [-0.3, -0.25) is 4.79 Å². The first-order valence-corrected chi connectivity index (χ1v) is 10.2. The Balaban J connectivity index is 1.83. The maximum atomic E-state index is 11.7. The lowest BCUT2D eigenvalue weighted by Crippen LogP contribution is -2.28. The quantitative estimate of drug-likeness (QED) is 0.731. The minimum absolute atomic E-state index is 0.0339. The molecule has 6 heteroatoms. The summed E-state index contributed by atoms with van der Waals surface area (Å²) in [6.45, 7) is 1.72. The first-order chi connectivity index (χ1) is 11.5. The zero-order chi connectivity index (χ0) is 17.4. The lowest BCUT2D eigenvalue weighted by Gasteiger charge is -2.13. The molecule has 0 spiro atoms. The van der Waals surface area contributed by atoms with Crippen molar-refractivity contribution in [2.45, 2.75) is 38.7 Å². The number of ether oxygens (including phenoxy) is 1. The van der Waals surface area contributed by atoms with Crippen molar-refractivity contribution in [2.24, 2.45) is 0 Å². The molecule has 1 amide bonds. The zero-order valence-corrected chi connectivity index (χ0v) is 14.8. The van der Waals surface area contributed by atoms with E-state index >= 15 is 0 Å². The number of hydrogen-bond acceptors (Lipinski definition) is 4. The van der Waals surface area contributed by atoms with Crippen LogP contribution in [0.5, 0.6) is 5.75 Å². The molecule has 1 aliphatic rings.